The number of rotatable bonds is 6. The van der Waals surface area contributed by atoms with E-state index >= 15 is 0 Å². The number of esters is 1. The van der Waals surface area contributed by atoms with Crippen LogP contribution in [0.25, 0.3) is 0 Å². The highest BCUT2D eigenvalue weighted by Gasteiger charge is 2.36. The lowest BCUT2D eigenvalue weighted by molar-refractivity contribution is -0.151. The molecule has 2 heterocycles. The number of allylic oxidation sites excluding steroid dienone is 2. The number of cyclic esters (lactones) is 1. The van der Waals surface area contributed by atoms with Crippen LogP contribution in [0.3, 0.4) is 0 Å². The number of hydrogen-bond donors (Lipinski definition) is 2. The van der Waals surface area contributed by atoms with Crippen LogP contribution in [0.5, 0.6) is 0 Å². The lowest BCUT2D eigenvalue weighted by atomic mass is 9.89. The van der Waals surface area contributed by atoms with E-state index in [1.807, 2.05) is 33.9 Å². The van der Waals surface area contributed by atoms with E-state index in [1.54, 1.807) is 36.1 Å². The highest BCUT2D eigenvalue weighted by molar-refractivity contribution is 5.70. The Balaban J connectivity index is 2.23. The van der Waals surface area contributed by atoms with Gasteiger partial charge in [0, 0.05) is 38.0 Å². The molecular formula is C29H46N2O9. The molecule has 226 valence electrons. The van der Waals surface area contributed by atoms with Gasteiger partial charge in [0.05, 0.1) is 19.6 Å². The summed E-state index contributed by atoms with van der Waals surface area (Å²) in [5, 5.41) is 21.7. The Labute approximate surface area is 237 Å². The number of likely N-dealkylation sites (N-methyl/N-ethyl adjacent to an activating group) is 1. The third-order valence-electron chi connectivity index (χ3n) is 7.19. The maximum Gasteiger partial charge on any atom is 0.507 e. The fourth-order valence-electron chi connectivity index (χ4n) is 4.43. The van der Waals surface area contributed by atoms with Crippen molar-refractivity contribution in [1.82, 2.24) is 9.80 Å². The van der Waals surface area contributed by atoms with Gasteiger partial charge in [-0.25, -0.2) is 9.59 Å². The lowest BCUT2D eigenvalue weighted by Gasteiger charge is -2.36. The molecule has 0 aromatic carbocycles. The topological polar surface area (TPSA) is 135 Å². The number of aliphatic hydroxyl groups is 2. The highest BCUT2D eigenvalue weighted by atomic mass is 16.7. The van der Waals surface area contributed by atoms with Gasteiger partial charge in [-0.05, 0) is 45.4 Å². The molecule has 0 bridgehead atoms. The zero-order valence-electron chi connectivity index (χ0n) is 24.6. The third-order valence-corrected chi connectivity index (χ3v) is 7.19. The SMILES string of the molecule is COC(=O)OC[C@@H](C)/C=C/C=C(\C)[C@H]1OC(=O)C[C@@H](O)CC[C@](C)(O)[C@H](OC(=O)N2CCN(C)CC2)/C=C/[C@@H]1C. The van der Waals surface area contributed by atoms with Crippen molar-refractivity contribution in [3.05, 3.63) is 36.0 Å². The molecule has 0 aromatic heterocycles. The van der Waals surface area contributed by atoms with E-state index in [2.05, 4.69) is 9.64 Å². The number of piperazine rings is 1. The zero-order chi connectivity index (χ0) is 29.9. The average molecular weight is 567 g/mol. The summed E-state index contributed by atoms with van der Waals surface area (Å²) >= 11 is 0. The van der Waals surface area contributed by atoms with Gasteiger partial charge in [0.15, 0.2) is 6.10 Å². The van der Waals surface area contributed by atoms with Crippen LogP contribution in [0.15, 0.2) is 36.0 Å². The molecule has 2 N–H and O–H groups in total. The van der Waals surface area contributed by atoms with Crippen LogP contribution in [0, 0.1) is 11.8 Å². The number of carbonyl (C=O) groups excluding carboxylic acids is 3. The Morgan fingerprint density at radius 2 is 1.93 bits per heavy atom. The molecule has 40 heavy (non-hydrogen) atoms. The molecule has 6 atom stereocenters. The van der Waals surface area contributed by atoms with Crippen LogP contribution in [0.4, 0.5) is 9.59 Å². The second kappa shape index (κ2) is 15.8. The van der Waals surface area contributed by atoms with Crippen molar-refractivity contribution in [2.24, 2.45) is 11.8 Å². The summed E-state index contributed by atoms with van der Waals surface area (Å²) in [6.07, 6.45) is 4.98. The molecule has 11 nitrogen and oxygen atoms in total. The largest absolute Gasteiger partial charge is 0.507 e. The van der Waals surface area contributed by atoms with Crippen molar-refractivity contribution < 1.29 is 43.5 Å². The number of amides is 1. The first-order valence-electron chi connectivity index (χ1n) is 13.8. The minimum atomic E-state index is -1.46. The zero-order valence-corrected chi connectivity index (χ0v) is 24.6. The Morgan fingerprint density at radius 1 is 1.25 bits per heavy atom. The first-order chi connectivity index (χ1) is 18.8. The van der Waals surface area contributed by atoms with Gasteiger partial charge < -0.3 is 39.0 Å². The third kappa shape index (κ3) is 10.9. The van der Waals surface area contributed by atoms with Gasteiger partial charge >= 0.3 is 18.2 Å². The van der Waals surface area contributed by atoms with Gasteiger partial charge in [0.2, 0.25) is 0 Å². The van der Waals surface area contributed by atoms with Crippen molar-refractivity contribution in [3.8, 4) is 0 Å². The predicted molar refractivity (Wildman–Crippen MR) is 148 cm³/mol. The van der Waals surface area contributed by atoms with E-state index in [4.69, 9.17) is 14.2 Å². The van der Waals surface area contributed by atoms with E-state index in [0.717, 1.165) is 18.7 Å². The molecule has 0 aromatic rings. The smallest absolute Gasteiger partial charge is 0.457 e. The quantitative estimate of drug-likeness (QED) is 0.214. The van der Waals surface area contributed by atoms with Crippen molar-refractivity contribution in [1.29, 1.82) is 0 Å². The van der Waals surface area contributed by atoms with E-state index in [-0.39, 0.29) is 37.7 Å². The normalized spacial score (nSPS) is 30.9. The molecule has 0 radical (unpaired) electrons. The molecule has 0 saturated carbocycles. The van der Waals surface area contributed by atoms with Gasteiger partial charge in [-0.2, -0.15) is 0 Å². The molecule has 1 saturated heterocycles. The van der Waals surface area contributed by atoms with Crippen molar-refractivity contribution in [2.45, 2.75) is 70.9 Å². The highest BCUT2D eigenvalue weighted by Crippen LogP contribution is 2.27. The van der Waals surface area contributed by atoms with E-state index in [0.29, 0.717) is 13.1 Å². The summed E-state index contributed by atoms with van der Waals surface area (Å²) in [4.78, 5) is 40.5. The van der Waals surface area contributed by atoms with Gasteiger partial charge in [0.25, 0.3) is 0 Å². The molecule has 2 rings (SSSR count). The Morgan fingerprint density at radius 3 is 2.58 bits per heavy atom. The monoisotopic (exact) mass is 566 g/mol. The Bertz CT molecular complexity index is 938. The second-order valence-corrected chi connectivity index (χ2v) is 11.0. The van der Waals surface area contributed by atoms with E-state index in [9.17, 15) is 24.6 Å². The minimum Gasteiger partial charge on any atom is -0.457 e. The molecular weight excluding hydrogens is 520 g/mol. The van der Waals surface area contributed by atoms with Gasteiger partial charge in [0.1, 0.15) is 18.3 Å². The fraction of sp³-hybridized carbons (Fsp3) is 0.690. The van der Waals surface area contributed by atoms with Crippen LogP contribution >= 0.6 is 0 Å². The number of nitrogens with zero attached hydrogens (tertiary/aromatic N) is 2. The summed E-state index contributed by atoms with van der Waals surface area (Å²) in [7, 11) is 3.24. The van der Waals surface area contributed by atoms with Crippen molar-refractivity contribution in [3.63, 3.8) is 0 Å². The summed E-state index contributed by atoms with van der Waals surface area (Å²) in [5.41, 5.74) is -0.722. The van der Waals surface area contributed by atoms with Crippen LogP contribution in [0.1, 0.15) is 47.0 Å². The molecule has 0 aliphatic carbocycles. The van der Waals surface area contributed by atoms with Gasteiger partial charge in [-0.1, -0.05) is 38.2 Å². The first kappa shape index (κ1) is 33.3. The number of ether oxygens (including phenoxy) is 4. The van der Waals surface area contributed by atoms with E-state index in [1.165, 1.54) is 7.11 Å². The van der Waals surface area contributed by atoms with Crippen LogP contribution in [-0.4, -0.2) is 109 Å². The molecule has 2 aliphatic heterocycles. The fourth-order valence-corrected chi connectivity index (χ4v) is 4.43. The second-order valence-electron chi connectivity index (χ2n) is 11.0. The summed E-state index contributed by atoms with van der Waals surface area (Å²) < 4.78 is 21.0. The lowest BCUT2D eigenvalue weighted by Crippen LogP contribution is -2.50. The molecule has 2 aliphatic rings. The maximum absolute atomic E-state index is 12.9. The van der Waals surface area contributed by atoms with Crippen LogP contribution in [0.2, 0.25) is 0 Å². The summed E-state index contributed by atoms with van der Waals surface area (Å²) in [6.45, 7) is 9.82. The molecule has 1 amide bonds. The molecule has 1 fully saturated rings. The Hall–Kier alpha value is -2.89. The first-order valence-corrected chi connectivity index (χ1v) is 13.8. The van der Waals surface area contributed by atoms with Gasteiger partial charge in [-0.3, -0.25) is 4.79 Å². The minimum absolute atomic E-state index is 0.0764. The number of aliphatic hydroxyl groups excluding tert-OH is 1. The van der Waals surface area contributed by atoms with Crippen molar-refractivity contribution in [2.75, 3.05) is 46.9 Å². The maximum atomic E-state index is 12.9. The van der Waals surface area contributed by atoms with Crippen molar-refractivity contribution >= 4 is 18.2 Å². The summed E-state index contributed by atoms with van der Waals surface area (Å²) in [6, 6.07) is 0. The number of hydrogen-bond acceptors (Lipinski definition) is 10. The van der Waals surface area contributed by atoms with Crippen LogP contribution in [-0.2, 0) is 23.7 Å². The molecule has 0 unspecified atom stereocenters. The average Bonchev–Trinajstić information content (AvgIpc) is 2.90. The Kier molecular flexibility index (Phi) is 13.1. The standard InChI is InChI=1S/C29H46N2O9/c1-20(19-38-28(35)37-6)8-7-9-21(2)26-22(3)10-11-24(39-27(34)31-16-14-30(5)15-17-31)29(4,36)13-12-23(32)18-25(33)40-26/h7-11,20,22-24,26,32,36H,12-19H2,1-6H3/b8-7+,11-10+,21-9+/t20-,22-,23-,24+,26+,29-/m0/s1. The molecule has 11 heteroatoms. The predicted octanol–water partition coefficient (Wildman–Crippen LogP) is 3.06. The number of carbonyl (C=O) groups is 3. The number of methoxy groups -OCH3 is 1. The molecule has 0 spiro atoms. The van der Waals surface area contributed by atoms with Gasteiger partial charge in [-0.15, -0.1) is 0 Å². The van der Waals surface area contributed by atoms with E-state index < -0.39 is 42.1 Å². The van der Waals surface area contributed by atoms with Crippen LogP contribution < -0.4 is 0 Å². The summed E-state index contributed by atoms with van der Waals surface area (Å²) in [5.74, 6) is -0.967.